The fourth-order valence-electron chi connectivity index (χ4n) is 6.56. The number of carbonyl (C=O) groups is 5. The maximum absolute atomic E-state index is 12.3. The topological polar surface area (TPSA) is 332 Å². The first-order valence-electron chi connectivity index (χ1n) is 28.4. The van der Waals surface area contributed by atoms with Crippen molar-refractivity contribution in [1.29, 1.82) is 0 Å². The van der Waals surface area contributed by atoms with Crippen molar-refractivity contribution in [2.24, 2.45) is 23.5 Å². The Bertz CT molecular complexity index is 2760. The summed E-state index contributed by atoms with van der Waals surface area (Å²) in [7, 11) is -15.0. The highest BCUT2D eigenvalue weighted by Crippen LogP contribution is 2.46. The van der Waals surface area contributed by atoms with Crippen molar-refractivity contribution in [3.8, 4) is 0 Å². The van der Waals surface area contributed by atoms with E-state index in [2.05, 4.69) is 14.6 Å². The Hall–Kier alpha value is -4.94. The fraction of sp³-hybridized carbons (Fsp3) is 0.525. The molecule has 0 radical (unpaired) electrons. The Morgan fingerprint density at radius 1 is 0.438 bits per heavy atom. The summed E-state index contributed by atoms with van der Waals surface area (Å²) in [5, 5.41) is 2.64. The molecular weight excluding hydrogens is 1250 g/mol. The number of ether oxygens (including phenoxy) is 5. The zero-order valence-electron chi connectivity index (χ0n) is 53.5. The first-order chi connectivity index (χ1) is 41.0. The SMILES string of the molecule is C.CCOC(=O)C(C)CP(C)(=O)O.CCOC(=O)C(C)CP(C)(=O)OCc1ccccc1.CCOC(=O)C(C)N.CCOC(=O)CNP(C)(=O)CC(C)C(=O)OCC.CP(=O)(O)OCc1ccccc1.CP(=O)(OCc1ccccc1)OCc1ccccc1. The molecule has 5 N–H and O–H groups in total. The lowest BCUT2D eigenvalue weighted by molar-refractivity contribution is -0.147. The molecule has 8 unspecified atom stereocenters. The third kappa shape index (κ3) is 51.4. The van der Waals surface area contributed by atoms with Crippen molar-refractivity contribution in [3.05, 3.63) is 144 Å². The molecule has 0 bridgehead atoms. The number of nitrogens with one attached hydrogen (secondary N) is 1. The number of esters is 5. The van der Waals surface area contributed by atoms with E-state index in [-0.39, 0.29) is 63.6 Å². The summed E-state index contributed by atoms with van der Waals surface area (Å²) in [6.07, 6.45) is 0.357. The molecule has 0 fully saturated rings. The van der Waals surface area contributed by atoms with Crippen LogP contribution in [0.3, 0.4) is 0 Å². The quantitative estimate of drug-likeness (QED) is 0.0214. The number of hydrogen-bond donors (Lipinski definition) is 4. The second kappa shape index (κ2) is 48.8. The Morgan fingerprint density at radius 2 is 0.730 bits per heavy atom. The molecule has 0 amide bonds. The third-order valence-electron chi connectivity index (χ3n) is 10.7. The average molecular weight is 1350 g/mol. The molecule has 8 atom stereocenters. The van der Waals surface area contributed by atoms with Gasteiger partial charge in [0.25, 0.3) is 0 Å². The highest BCUT2D eigenvalue weighted by atomic mass is 31.2. The van der Waals surface area contributed by atoms with Crippen molar-refractivity contribution in [1.82, 2.24) is 5.09 Å². The Kier molecular flexibility index (Phi) is 48.4. The van der Waals surface area contributed by atoms with Gasteiger partial charge in [0.2, 0.25) is 7.37 Å². The third-order valence-corrected chi connectivity index (χ3v) is 17.7. The van der Waals surface area contributed by atoms with Crippen molar-refractivity contribution in [2.75, 3.05) is 91.4 Å². The van der Waals surface area contributed by atoms with Gasteiger partial charge in [0.05, 0.1) is 83.8 Å². The molecule has 0 aliphatic carbocycles. The van der Waals surface area contributed by atoms with Crippen LogP contribution >= 0.6 is 37.2 Å². The van der Waals surface area contributed by atoms with Crippen LogP contribution in [0.1, 0.15) is 92.0 Å². The van der Waals surface area contributed by atoms with Crippen LogP contribution in [0.2, 0.25) is 0 Å². The van der Waals surface area contributed by atoms with Crippen LogP contribution < -0.4 is 10.8 Å². The second-order valence-electron chi connectivity index (χ2n) is 20.0. The van der Waals surface area contributed by atoms with Crippen molar-refractivity contribution in [3.63, 3.8) is 0 Å². The van der Waals surface area contributed by atoms with E-state index in [4.69, 9.17) is 47.8 Å². The minimum absolute atomic E-state index is 0. The van der Waals surface area contributed by atoms with Gasteiger partial charge in [-0.2, -0.15) is 0 Å². The van der Waals surface area contributed by atoms with Gasteiger partial charge in [0.1, 0.15) is 13.3 Å². The van der Waals surface area contributed by atoms with E-state index in [1.165, 1.54) is 26.7 Å². The highest BCUT2D eigenvalue weighted by molar-refractivity contribution is 7.61. The number of hydrogen-bond acceptors (Lipinski definition) is 20. The number of nitrogens with two attached hydrogens (primary N) is 1. The molecule has 4 aromatic rings. The second-order valence-corrected chi connectivity index (χ2v) is 31.9. The Balaban J connectivity index is -0.00000102. The summed E-state index contributed by atoms with van der Waals surface area (Å²) in [4.78, 5) is 73.1. The molecule has 0 aliphatic heterocycles. The van der Waals surface area contributed by atoms with Gasteiger partial charge in [-0.1, -0.05) is 150 Å². The van der Waals surface area contributed by atoms with E-state index in [0.717, 1.165) is 22.3 Å². The van der Waals surface area contributed by atoms with Crippen LogP contribution in [0.25, 0.3) is 0 Å². The minimum Gasteiger partial charge on any atom is -0.466 e. The van der Waals surface area contributed by atoms with Gasteiger partial charge in [-0.25, -0.2) is 0 Å². The maximum Gasteiger partial charge on any atom is 0.328 e. The van der Waals surface area contributed by atoms with Gasteiger partial charge in [0, 0.05) is 51.8 Å². The number of benzene rings is 4. The van der Waals surface area contributed by atoms with E-state index >= 15 is 0 Å². The molecule has 23 nitrogen and oxygen atoms in total. The summed E-state index contributed by atoms with van der Waals surface area (Å²) in [6.45, 7) is 24.7. The Labute approximate surface area is 528 Å². The molecule has 0 spiro atoms. The number of carbonyl (C=O) groups excluding carboxylic acids is 5. The molecule has 0 saturated carbocycles. The normalized spacial score (nSPS) is 14.6. The summed E-state index contributed by atoms with van der Waals surface area (Å²) in [6, 6.07) is 37.6. The van der Waals surface area contributed by atoms with Gasteiger partial charge in [0.15, 0.2) is 7.37 Å². The molecule has 4 rings (SSSR count). The molecular formula is C61H101N2O21P5. The monoisotopic (exact) mass is 1350 g/mol. The number of rotatable bonds is 30. The van der Waals surface area contributed by atoms with Crippen molar-refractivity contribution in [2.45, 2.75) is 102 Å². The predicted molar refractivity (Wildman–Crippen MR) is 351 cm³/mol. The van der Waals surface area contributed by atoms with Crippen LogP contribution in [-0.4, -0.2) is 137 Å². The highest BCUT2D eigenvalue weighted by Gasteiger charge is 2.27. The van der Waals surface area contributed by atoms with Gasteiger partial charge < -0.3 is 61.9 Å². The lowest BCUT2D eigenvalue weighted by Crippen LogP contribution is -2.28. The predicted octanol–water partition coefficient (Wildman–Crippen LogP) is 12.4. The van der Waals surface area contributed by atoms with Crippen molar-refractivity contribution < 1.29 is 98.4 Å². The molecule has 0 heterocycles. The van der Waals surface area contributed by atoms with Crippen LogP contribution in [-0.2, 0) is 115 Å². The van der Waals surface area contributed by atoms with Gasteiger partial charge >= 0.3 is 45.0 Å². The van der Waals surface area contributed by atoms with E-state index in [0.29, 0.717) is 46.2 Å². The molecule has 506 valence electrons. The maximum atomic E-state index is 12.3. The lowest BCUT2D eigenvalue weighted by atomic mass is 10.2. The zero-order chi connectivity index (χ0) is 67.4. The molecule has 28 heteroatoms. The lowest BCUT2D eigenvalue weighted by Gasteiger charge is -2.17. The molecule has 4 aromatic carbocycles. The molecule has 0 saturated heterocycles. The van der Waals surface area contributed by atoms with E-state index in [1.807, 2.05) is 121 Å². The Morgan fingerprint density at radius 3 is 1.02 bits per heavy atom. The largest absolute Gasteiger partial charge is 0.466 e. The van der Waals surface area contributed by atoms with Gasteiger partial charge in [-0.15, -0.1) is 0 Å². The first kappa shape index (κ1) is 88.3. The average Bonchev–Trinajstić information content (AvgIpc) is 3.63. The summed E-state index contributed by atoms with van der Waals surface area (Å²) in [5.41, 5.74) is 8.97. The van der Waals surface area contributed by atoms with E-state index in [1.54, 1.807) is 69.0 Å². The molecule has 0 aliphatic rings. The summed E-state index contributed by atoms with van der Waals surface area (Å²) >= 11 is 0. The standard InChI is InChI=1S/C15H17O3P.C14H21O4P.C11H22NO5P.C8H11O3P.C7H15O4P.C5H11NO2.CH4/c1-19(16,17-12-14-8-4-2-5-9-14)18-13-15-10-6-3-7-11-15;1-4-17-14(15)12(2)11-19(3,16)18-10-13-8-6-5-7-9-13;1-5-16-10(13)7-12-18(4,15)8-9(3)11(14)17-6-2;1-12(9,10)11-7-8-5-3-2-4-6-8;1-4-11-7(8)6(2)5-12(3,9)10;1-3-8-5(7)4(2)6;/h2-11H,12-13H2,1H3;5-9,12H,4,10-11H2,1-3H3;9H,5-8H2,1-4H3,(H,12,15);2-6H,7H2,1H3,(H,9,10);6H,4-5H2,1-3H3,(H,9,10);4H,3,6H2,1-2H3;1H4. The van der Waals surface area contributed by atoms with Crippen molar-refractivity contribution >= 4 is 67.1 Å². The summed E-state index contributed by atoms with van der Waals surface area (Å²) in [5.74, 6) is -3.28. The molecule has 0 aromatic heterocycles. The summed E-state index contributed by atoms with van der Waals surface area (Å²) < 4.78 is 103. The smallest absolute Gasteiger partial charge is 0.328 e. The van der Waals surface area contributed by atoms with Crippen LogP contribution in [0.5, 0.6) is 0 Å². The molecule has 89 heavy (non-hydrogen) atoms. The first-order valence-corrected chi connectivity index (χ1v) is 39.3. The van der Waals surface area contributed by atoms with Gasteiger partial charge in [-0.05, 0) is 63.8 Å². The van der Waals surface area contributed by atoms with Gasteiger partial charge in [-0.3, -0.25) is 47.3 Å². The minimum atomic E-state index is -3.33. The van der Waals surface area contributed by atoms with Crippen LogP contribution in [0.15, 0.2) is 121 Å². The van der Waals surface area contributed by atoms with E-state index < -0.39 is 73.0 Å². The zero-order valence-corrected chi connectivity index (χ0v) is 58.0. The van der Waals surface area contributed by atoms with Crippen LogP contribution in [0, 0.1) is 17.8 Å². The van der Waals surface area contributed by atoms with Crippen LogP contribution in [0.4, 0.5) is 0 Å². The van der Waals surface area contributed by atoms with E-state index in [9.17, 15) is 46.8 Å². The fourth-order valence-corrected chi connectivity index (χ4v) is 12.4.